The van der Waals surface area contributed by atoms with Crippen molar-refractivity contribution in [3.8, 4) is 0 Å². The molecule has 1 aromatic rings. The van der Waals surface area contributed by atoms with Gasteiger partial charge in [-0.1, -0.05) is 17.7 Å². The van der Waals surface area contributed by atoms with E-state index in [0.717, 1.165) is 16.6 Å². The number of benzene rings is 1. The molecule has 1 amide bonds. The molecule has 0 aliphatic rings. The van der Waals surface area contributed by atoms with Gasteiger partial charge < -0.3 is 5.32 Å². The lowest BCUT2D eigenvalue weighted by molar-refractivity contribution is 0.0954. The van der Waals surface area contributed by atoms with Crippen molar-refractivity contribution in [2.75, 3.05) is 18.6 Å². The number of amides is 1. The van der Waals surface area contributed by atoms with Crippen LogP contribution in [0.15, 0.2) is 22.7 Å². The van der Waals surface area contributed by atoms with Crippen LogP contribution in [0, 0.1) is 0 Å². The van der Waals surface area contributed by atoms with Crippen molar-refractivity contribution in [3.05, 3.63) is 33.3 Å². The van der Waals surface area contributed by atoms with Crippen LogP contribution in [0.4, 0.5) is 0 Å². The summed E-state index contributed by atoms with van der Waals surface area (Å²) in [5.41, 5.74) is 0.514. The van der Waals surface area contributed by atoms with Gasteiger partial charge in [0.1, 0.15) is 0 Å². The molecule has 0 fully saturated rings. The Labute approximate surface area is 113 Å². The second-order valence-corrected chi connectivity index (χ2v) is 5.42. The van der Waals surface area contributed by atoms with Crippen molar-refractivity contribution in [1.29, 1.82) is 0 Å². The average Bonchev–Trinajstić information content (AvgIpc) is 2.28. The van der Waals surface area contributed by atoms with Gasteiger partial charge in [-0.25, -0.2) is 0 Å². The maximum Gasteiger partial charge on any atom is 0.252 e. The summed E-state index contributed by atoms with van der Waals surface area (Å²) in [6, 6.07) is 5.33. The standard InChI is InChI=1S/C11H13BrClNOS/c1-16-7-3-6-14-11(15)8-4-2-5-9(12)10(8)13/h2,4-5H,3,6-7H2,1H3,(H,14,15). The largest absolute Gasteiger partial charge is 0.352 e. The third kappa shape index (κ3) is 4.00. The van der Waals surface area contributed by atoms with E-state index in [4.69, 9.17) is 11.6 Å². The van der Waals surface area contributed by atoms with Gasteiger partial charge in [0.25, 0.3) is 5.91 Å². The highest BCUT2D eigenvalue weighted by molar-refractivity contribution is 9.10. The Kier molecular flexibility index (Phi) is 6.24. The molecule has 88 valence electrons. The maximum atomic E-state index is 11.8. The molecular weight excluding hydrogens is 310 g/mol. The minimum atomic E-state index is -0.118. The highest BCUT2D eigenvalue weighted by Gasteiger charge is 2.11. The molecule has 16 heavy (non-hydrogen) atoms. The molecule has 0 saturated heterocycles. The predicted molar refractivity (Wildman–Crippen MR) is 74.5 cm³/mol. The van der Waals surface area contributed by atoms with Gasteiger partial charge in [-0.3, -0.25) is 4.79 Å². The van der Waals surface area contributed by atoms with Gasteiger partial charge in [0.15, 0.2) is 0 Å². The number of hydrogen-bond donors (Lipinski definition) is 1. The molecule has 5 heteroatoms. The summed E-state index contributed by atoms with van der Waals surface area (Å²) in [7, 11) is 0. The van der Waals surface area contributed by atoms with Crippen molar-refractivity contribution < 1.29 is 4.79 Å². The zero-order chi connectivity index (χ0) is 12.0. The number of carbonyl (C=O) groups excluding carboxylic acids is 1. The minimum absolute atomic E-state index is 0.118. The number of carbonyl (C=O) groups is 1. The number of nitrogens with one attached hydrogen (secondary N) is 1. The highest BCUT2D eigenvalue weighted by Crippen LogP contribution is 2.25. The Morgan fingerprint density at radius 1 is 1.56 bits per heavy atom. The van der Waals surface area contributed by atoms with Crippen LogP contribution < -0.4 is 5.32 Å². The van der Waals surface area contributed by atoms with Gasteiger partial charge in [0.05, 0.1) is 10.6 Å². The van der Waals surface area contributed by atoms with E-state index in [-0.39, 0.29) is 5.91 Å². The number of halogens is 2. The van der Waals surface area contributed by atoms with Gasteiger partial charge in [0, 0.05) is 11.0 Å². The van der Waals surface area contributed by atoms with E-state index >= 15 is 0 Å². The van der Waals surface area contributed by atoms with Crippen LogP contribution in [0.3, 0.4) is 0 Å². The van der Waals surface area contributed by atoms with Gasteiger partial charge in [0.2, 0.25) is 0 Å². The Bertz CT molecular complexity index is 373. The van der Waals surface area contributed by atoms with E-state index in [1.165, 1.54) is 0 Å². The van der Waals surface area contributed by atoms with Gasteiger partial charge >= 0.3 is 0 Å². The van der Waals surface area contributed by atoms with Gasteiger partial charge in [-0.05, 0) is 46.5 Å². The van der Waals surface area contributed by atoms with Gasteiger partial charge in [-0.2, -0.15) is 11.8 Å². The number of thioether (sulfide) groups is 1. The first-order valence-corrected chi connectivity index (χ1v) is 7.44. The van der Waals surface area contributed by atoms with Crippen LogP contribution in [-0.4, -0.2) is 24.5 Å². The normalized spacial score (nSPS) is 10.2. The van der Waals surface area contributed by atoms with E-state index in [0.29, 0.717) is 17.1 Å². The van der Waals surface area contributed by atoms with Crippen LogP contribution in [0.1, 0.15) is 16.8 Å². The quantitative estimate of drug-likeness (QED) is 0.840. The Balaban J connectivity index is 2.56. The molecular formula is C11H13BrClNOS. The number of rotatable bonds is 5. The van der Waals surface area contributed by atoms with Crippen molar-refractivity contribution in [3.63, 3.8) is 0 Å². The number of hydrogen-bond acceptors (Lipinski definition) is 2. The molecule has 0 heterocycles. The summed E-state index contributed by atoms with van der Waals surface area (Å²) in [5.74, 6) is 0.930. The lowest BCUT2D eigenvalue weighted by atomic mass is 10.2. The first-order chi connectivity index (χ1) is 7.66. The van der Waals surface area contributed by atoms with E-state index in [1.807, 2.05) is 12.3 Å². The second-order valence-electron chi connectivity index (χ2n) is 3.20. The molecule has 0 radical (unpaired) electrons. The van der Waals surface area contributed by atoms with Crippen LogP contribution in [-0.2, 0) is 0 Å². The first-order valence-electron chi connectivity index (χ1n) is 4.88. The van der Waals surface area contributed by atoms with Crippen molar-refractivity contribution >= 4 is 45.2 Å². The molecule has 0 aliphatic heterocycles. The minimum Gasteiger partial charge on any atom is -0.352 e. The Morgan fingerprint density at radius 3 is 3.00 bits per heavy atom. The highest BCUT2D eigenvalue weighted by atomic mass is 79.9. The monoisotopic (exact) mass is 321 g/mol. The summed E-state index contributed by atoms with van der Waals surface area (Å²) >= 11 is 11.1. The Morgan fingerprint density at radius 2 is 2.31 bits per heavy atom. The van der Waals surface area contributed by atoms with Crippen LogP contribution >= 0.6 is 39.3 Å². The van der Waals surface area contributed by atoms with Crippen molar-refractivity contribution in [2.45, 2.75) is 6.42 Å². The molecule has 0 unspecified atom stereocenters. The SMILES string of the molecule is CSCCCNC(=O)c1cccc(Br)c1Cl. The van der Waals surface area contributed by atoms with Gasteiger partial charge in [-0.15, -0.1) is 0 Å². The van der Waals surface area contributed by atoms with E-state index in [9.17, 15) is 4.79 Å². The fraction of sp³-hybridized carbons (Fsp3) is 0.364. The Hall–Kier alpha value is -0.190. The predicted octanol–water partition coefficient (Wildman–Crippen LogP) is 3.59. The maximum absolute atomic E-state index is 11.8. The van der Waals surface area contributed by atoms with Crippen molar-refractivity contribution in [2.24, 2.45) is 0 Å². The summed E-state index contributed by atoms with van der Waals surface area (Å²) in [4.78, 5) is 11.8. The molecule has 2 nitrogen and oxygen atoms in total. The zero-order valence-electron chi connectivity index (χ0n) is 8.93. The molecule has 0 bridgehead atoms. The third-order valence-electron chi connectivity index (χ3n) is 2.01. The molecule has 0 atom stereocenters. The third-order valence-corrected chi connectivity index (χ3v) is 4.00. The second kappa shape index (κ2) is 7.20. The smallest absolute Gasteiger partial charge is 0.252 e. The van der Waals surface area contributed by atoms with Crippen LogP contribution in [0.25, 0.3) is 0 Å². The molecule has 1 aromatic carbocycles. The summed E-state index contributed by atoms with van der Waals surface area (Å²) in [5, 5.41) is 3.31. The lowest BCUT2D eigenvalue weighted by Crippen LogP contribution is -2.25. The summed E-state index contributed by atoms with van der Waals surface area (Å²) < 4.78 is 0.742. The lowest BCUT2D eigenvalue weighted by Gasteiger charge is -2.07. The summed E-state index contributed by atoms with van der Waals surface area (Å²) in [6.07, 6.45) is 3.02. The van der Waals surface area contributed by atoms with Crippen LogP contribution in [0.5, 0.6) is 0 Å². The van der Waals surface area contributed by atoms with E-state index < -0.39 is 0 Å². The van der Waals surface area contributed by atoms with E-state index in [2.05, 4.69) is 21.2 Å². The fourth-order valence-electron chi connectivity index (χ4n) is 1.19. The average molecular weight is 323 g/mol. The molecule has 1 rings (SSSR count). The van der Waals surface area contributed by atoms with Crippen LogP contribution in [0.2, 0.25) is 5.02 Å². The summed E-state index contributed by atoms with van der Waals surface area (Å²) in [6.45, 7) is 0.683. The fourth-order valence-corrected chi connectivity index (χ4v) is 2.20. The molecule has 0 saturated carbocycles. The molecule has 0 aliphatic carbocycles. The first kappa shape index (κ1) is 13.9. The van der Waals surface area contributed by atoms with Crippen molar-refractivity contribution in [1.82, 2.24) is 5.32 Å². The molecule has 1 N–H and O–H groups in total. The topological polar surface area (TPSA) is 29.1 Å². The zero-order valence-corrected chi connectivity index (χ0v) is 12.1. The molecule has 0 spiro atoms. The van der Waals surface area contributed by atoms with E-state index in [1.54, 1.807) is 23.9 Å². The molecule has 0 aromatic heterocycles.